The second-order valence-corrected chi connectivity index (χ2v) is 6.31. The maximum Gasteiger partial charge on any atom is 0.325 e. The molecular formula is C15H20N4O4. The first-order chi connectivity index (χ1) is 10.9. The van der Waals surface area contributed by atoms with Gasteiger partial charge < -0.3 is 15.2 Å². The van der Waals surface area contributed by atoms with Crippen molar-refractivity contribution in [2.45, 2.75) is 45.1 Å². The summed E-state index contributed by atoms with van der Waals surface area (Å²) in [6.45, 7) is 3.35. The van der Waals surface area contributed by atoms with Gasteiger partial charge in [-0.1, -0.05) is 24.9 Å². The molecule has 8 nitrogen and oxygen atoms in total. The first-order valence-electron chi connectivity index (χ1n) is 7.79. The number of aromatic nitrogens is 1. The van der Waals surface area contributed by atoms with Crippen LogP contribution in [0, 0.1) is 12.8 Å². The molecule has 1 spiro atoms. The van der Waals surface area contributed by atoms with Crippen LogP contribution in [0.4, 0.5) is 10.6 Å². The van der Waals surface area contributed by atoms with Gasteiger partial charge in [-0.25, -0.2) is 4.79 Å². The number of rotatable bonds is 3. The van der Waals surface area contributed by atoms with E-state index in [0.29, 0.717) is 12.2 Å². The molecule has 0 radical (unpaired) electrons. The molecule has 0 unspecified atom stereocenters. The predicted octanol–water partition coefficient (Wildman–Crippen LogP) is 1.42. The Balaban J connectivity index is 1.69. The van der Waals surface area contributed by atoms with Crippen molar-refractivity contribution >= 4 is 23.7 Å². The minimum atomic E-state index is -0.847. The number of anilines is 1. The van der Waals surface area contributed by atoms with Gasteiger partial charge in [0.05, 0.1) is 0 Å². The molecule has 1 saturated carbocycles. The van der Waals surface area contributed by atoms with Crippen LogP contribution in [0.2, 0.25) is 0 Å². The quantitative estimate of drug-likeness (QED) is 0.820. The normalized spacial score (nSPS) is 27.4. The SMILES string of the molecule is Cc1cc(NC(=O)CN2C(=O)N[C@]3(CCCC[C@@H]3C)C2=O)no1. The third-order valence-electron chi connectivity index (χ3n) is 4.70. The number of carbonyl (C=O) groups is 3. The number of aryl methyl sites for hydroxylation is 1. The van der Waals surface area contributed by atoms with E-state index in [2.05, 4.69) is 15.8 Å². The Bertz CT molecular complexity index is 656. The smallest absolute Gasteiger partial charge is 0.325 e. The van der Waals surface area contributed by atoms with Crippen LogP contribution >= 0.6 is 0 Å². The number of nitrogens with zero attached hydrogens (tertiary/aromatic N) is 2. The Hall–Kier alpha value is -2.38. The molecule has 8 heteroatoms. The van der Waals surface area contributed by atoms with Crippen molar-refractivity contribution in [3.05, 3.63) is 11.8 Å². The molecule has 2 aliphatic rings. The van der Waals surface area contributed by atoms with Crippen molar-refractivity contribution in [2.75, 3.05) is 11.9 Å². The van der Waals surface area contributed by atoms with Crippen LogP contribution in [0.3, 0.4) is 0 Å². The van der Waals surface area contributed by atoms with Gasteiger partial charge in [0.25, 0.3) is 5.91 Å². The molecule has 124 valence electrons. The predicted molar refractivity (Wildman–Crippen MR) is 80.5 cm³/mol. The second kappa shape index (κ2) is 5.68. The molecule has 2 N–H and O–H groups in total. The Morgan fingerprint density at radius 2 is 2.30 bits per heavy atom. The van der Waals surface area contributed by atoms with Gasteiger partial charge in [-0.05, 0) is 25.7 Å². The third-order valence-corrected chi connectivity index (χ3v) is 4.70. The molecule has 1 aromatic rings. The minimum Gasteiger partial charge on any atom is -0.360 e. The largest absolute Gasteiger partial charge is 0.360 e. The molecular weight excluding hydrogens is 300 g/mol. The molecule has 1 saturated heterocycles. The van der Waals surface area contributed by atoms with Crippen LogP contribution in [0.5, 0.6) is 0 Å². The standard InChI is InChI=1S/C15H20N4O4/c1-9-5-3-4-6-15(9)13(21)19(14(22)17-15)8-12(20)16-11-7-10(2)23-18-11/h7,9H,3-6,8H2,1-2H3,(H,17,22)(H,16,18,20)/t9-,15-/m0/s1. The van der Waals surface area contributed by atoms with Crippen molar-refractivity contribution in [3.8, 4) is 0 Å². The summed E-state index contributed by atoms with van der Waals surface area (Å²) in [5, 5.41) is 8.98. The minimum absolute atomic E-state index is 0.0685. The maximum absolute atomic E-state index is 12.7. The summed E-state index contributed by atoms with van der Waals surface area (Å²) in [5.74, 6) is 0.105. The summed E-state index contributed by atoms with van der Waals surface area (Å²) < 4.78 is 4.86. The second-order valence-electron chi connectivity index (χ2n) is 6.31. The average Bonchev–Trinajstić information content (AvgIpc) is 3.00. The Labute approximate surface area is 133 Å². The Morgan fingerprint density at radius 1 is 1.52 bits per heavy atom. The zero-order chi connectivity index (χ0) is 16.6. The van der Waals surface area contributed by atoms with Gasteiger partial charge in [-0.3, -0.25) is 14.5 Å². The molecule has 23 heavy (non-hydrogen) atoms. The van der Waals surface area contributed by atoms with E-state index in [1.165, 1.54) is 0 Å². The molecule has 1 aliphatic carbocycles. The van der Waals surface area contributed by atoms with E-state index in [1.54, 1.807) is 13.0 Å². The number of urea groups is 1. The number of imide groups is 1. The summed E-state index contributed by atoms with van der Waals surface area (Å²) in [6, 6.07) is 1.06. The lowest BCUT2D eigenvalue weighted by Gasteiger charge is -2.36. The highest BCUT2D eigenvalue weighted by Gasteiger charge is 2.55. The number of amides is 4. The molecule has 4 amide bonds. The molecule has 2 atom stereocenters. The lowest BCUT2D eigenvalue weighted by Crippen LogP contribution is -2.54. The van der Waals surface area contributed by atoms with Crippen LogP contribution in [-0.4, -0.2) is 40.0 Å². The van der Waals surface area contributed by atoms with E-state index in [9.17, 15) is 14.4 Å². The fraction of sp³-hybridized carbons (Fsp3) is 0.600. The van der Waals surface area contributed by atoms with Crippen LogP contribution in [0.15, 0.2) is 10.6 Å². The molecule has 0 aromatic carbocycles. The lowest BCUT2D eigenvalue weighted by atomic mass is 9.73. The fourth-order valence-corrected chi connectivity index (χ4v) is 3.39. The van der Waals surface area contributed by atoms with Crippen LogP contribution in [-0.2, 0) is 9.59 Å². The number of hydrogen-bond acceptors (Lipinski definition) is 5. The summed E-state index contributed by atoms with van der Waals surface area (Å²) in [6.07, 6.45) is 3.47. The highest BCUT2D eigenvalue weighted by atomic mass is 16.5. The molecule has 3 rings (SSSR count). The summed E-state index contributed by atoms with van der Waals surface area (Å²) in [7, 11) is 0. The third kappa shape index (κ3) is 2.69. The summed E-state index contributed by atoms with van der Waals surface area (Å²) in [5.41, 5.74) is -0.847. The first-order valence-corrected chi connectivity index (χ1v) is 7.79. The zero-order valence-electron chi connectivity index (χ0n) is 13.2. The van der Waals surface area contributed by atoms with E-state index >= 15 is 0 Å². The van der Waals surface area contributed by atoms with Gasteiger partial charge in [0.2, 0.25) is 5.91 Å². The number of nitrogens with one attached hydrogen (secondary N) is 2. The summed E-state index contributed by atoms with van der Waals surface area (Å²) in [4.78, 5) is 37.9. The van der Waals surface area contributed by atoms with Gasteiger partial charge in [0.1, 0.15) is 17.8 Å². The van der Waals surface area contributed by atoms with Crippen LogP contribution < -0.4 is 10.6 Å². The van der Waals surface area contributed by atoms with E-state index in [4.69, 9.17) is 4.52 Å². The van der Waals surface area contributed by atoms with Crippen molar-refractivity contribution < 1.29 is 18.9 Å². The topological polar surface area (TPSA) is 105 Å². The summed E-state index contributed by atoms with van der Waals surface area (Å²) >= 11 is 0. The first kappa shape index (κ1) is 15.5. The molecule has 1 aliphatic heterocycles. The molecule has 2 heterocycles. The zero-order valence-corrected chi connectivity index (χ0v) is 13.2. The van der Waals surface area contributed by atoms with Crippen molar-refractivity contribution in [1.29, 1.82) is 0 Å². The van der Waals surface area contributed by atoms with E-state index in [0.717, 1.165) is 24.2 Å². The van der Waals surface area contributed by atoms with Gasteiger partial charge in [0.15, 0.2) is 5.82 Å². The van der Waals surface area contributed by atoms with Crippen molar-refractivity contribution in [3.63, 3.8) is 0 Å². The lowest BCUT2D eigenvalue weighted by molar-refractivity contribution is -0.136. The molecule has 1 aromatic heterocycles. The van der Waals surface area contributed by atoms with E-state index in [-0.39, 0.29) is 24.2 Å². The Morgan fingerprint density at radius 3 is 2.96 bits per heavy atom. The highest BCUT2D eigenvalue weighted by molar-refractivity contribution is 6.10. The highest BCUT2D eigenvalue weighted by Crippen LogP contribution is 2.38. The van der Waals surface area contributed by atoms with E-state index in [1.807, 2.05) is 6.92 Å². The van der Waals surface area contributed by atoms with Crippen molar-refractivity contribution in [2.24, 2.45) is 5.92 Å². The van der Waals surface area contributed by atoms with Crippen LogP contribution in [0.1, 0.15) is 38.4 Å². The molecule has 2 fully saturated rings. The van der Waals surface area contributed by atoms with Crippen molar-refractivity contribution in [1.82, 2.24) is 15.4 Å². The average molecular weight is 320 g/mol. The van der Waals surface area contributed by atoms with Gasteiger partial charge in [-0.2, -0.15) is 0 Å². The Kier molecular flexibility index (Phi) is 3.83. The number of hydrogen-bond donors (Lipinski definition) is 2. The molecule has 0 bridgehead atoms. The number of carbonyl (C=O) groups excluding carboxylic acids is 3. The van der Waals surface area contributed by atoms with Gasteiger partial charge in [-0.15, -0.1) is 0 Å². The van der Waals surface area contributed by atoms with Crippen LogP contribution in [0.25, 0.3) is 0 Å². The monoisotopic (exact) mass is 320 g/mol. The van der Waals surface area contributed by atoms with E-state index < -0.39 is 17.5 Å². The van der Waals surface area contributed by atoms with Gasteiger partial charge >= 0.3 is 6.03 Å². The van der Waals surface area contributed by atoms with Gasteiger partial charge in [0, 0.05) is 6.07 Å². The fourth-order valence-electron chi connectivity index (χ4n) is 3.39. The maximum atomic E-state index is 12.7.